The van der Waals surface area contributed by atoms with E-state index in [4.69, 9.17) is 22.9 Å². The van der Waals surface area contributed by atoms with Crippen molar-refractivity contribution in [3.63, 3.8) is 0 Å². The molecule has 1 aromatic rings. The third-order valence-corrected chi connectivity index (χ3v) is 6.80. The predicted octanol–water partition coefficient (Wildman–Crippen LogP) is -3.32. The van der Waals surface area contributed by atoms with Crippen molar-refractivity contribution in [2.24, 2.45) is 27.9 Å². The lowest BCUT2D eigenvalue weighted by Gasteiger charge is -2.26. The van der Waals surface area contributed by atoms with Crippen molar-refractivity contribution in [1.82, 2.24) is 21.3 Å². The van der Waals surface area contributed by atoms with E-state index < -0.39 is 66.4 Å². The van der Waals surface area contributed by atoms with Crippen molar-refractivity contribution in [3.8, 4) is 0 Å². The van der Waals surface area contributed by atoms with E-state index in [9.17, 15) is 34.2 Å². The van der Waals surface area contributed by atoms with Gasteiger partial charge in [-0.2, -0.15) is 12.6 Å². The highest BCUT2D eigenvalue weighted by Crippen LogP contribution is 2.08. The zero-order valence-electron chi connectivity index (χ0n) is 24.5. The lowest BCUT2D eigenvalue weighted by molar-refractivity contribution is -0.142. The number of carbonyl (C=O) groups is 5. The lowest BCUT2D eigenvalue weighted by atomic mass is 10.0. The normalized spacial score (nSPS) is 14.2. The van der Waals surface area contributed by atoms with Crippen molar-refractivity contribution >= 4 is 48.2 Å². The maximum absolute atomic E-state index is 13.5. The van der Waals surface area contributed by atoms with Crippen LogP contribution in [0, 0.1) is 0 Å². The predicted molar refractivity (Wildman–Crippen MR) is 167 cm³/mol. The Bertz CT molecular complexity index is 1110. The van der Waals surface area contributed by atoms with E-state index in [1.807, 2.05) is 0 Å². The fraction of sp³-hybridized carbons (Fsp3) is 0.556. The second-order valence-electron chi connectivity index (χ2n) is 9.98. The number of rotatable bonds is 21. The number of nitrogens with two attached hydrogens (primary N) is 4. The summed E-state index contributed by atoms with van der Waals surface area (Å²) < 4.78 is 0. The van der Waals surface area contributed by atoms with Crippen LogP contribution in [0.4, 0.5) is 0 Å². The Morgan fingerprint density at radius 1 is 0.795 bits per heavy atom. The minimum atomic E-state index is -1.41. The molecule has 17 heteroatoms. The van der Waals surface area contributed by atoms with Crippen LogP contribution in [0.15, 0.2) is 35.3 Å². The molecule has 5 atom stereocenters. The summed E-state index contributed by atoms with van der Waals surface area (Å²) in [6.07, 6.45) is 1.39. The highest BCUT2D eigenvalue weighted by Gasteiger charge is 2.31. The average molecular weight is 640 g/mol. The smallest absolute Gasteiger partial charge is 0.326 e. The number of aliphatic imine (C=N–C) groups is 1. The number of nitrogens with zero attached hydrogens (tertiary/aromatic N) is 1. The van der Waals surface area contributed by atoms with Crippen molar-refractivity contribution in [1.29, 1.82) is 0 Å². The summed E-state index contributed by atoms with van der Waals surface area (Å²) in [5.74, 6) is -4.49. The molecular formula is C27H45N9O7S. The Hall–Kier alpha value is -3.93. The molecule has 0 saturated heterocycles. The van der Waals surface area contributed by atoms with Gasteiger partial charge in [0.15, 0.2) is 5.96 Å². The first-order valence-corrected chi connectivity index (χ1v) is 14.8. The summed E-state index contributed by atoms with van der Waals surface area (Å²) in [6, 6.07) is 2.62. The third-order valence-electron chi connectivity index (χ3n) is 6.40. The fourth-order valence-electron chi connectivity index (χ4n) is 3.95. The molecule has 0 aliphatic heterocycles. The quantitative estimate of drug-likeness (QED) is 0.0274. The van der Waals surface area contributed by atoms with Crippen molar-refractivity contribution in [3.05, 3.63) is 35.9 Å². The van der Waals surface area contributed by atoms with E-state index in [0.717, 1.165) is 0 Å². The van der Waals surface area contributed by atoms with Crippen LogP contribution in [-0.4, -0.2) is 101 Å². The van der Waals surface area contributed by atoms with Gasteiger partial charge in [-0.15, -0.1) is 0 Å². The van der Waals surface area contributed by atoms with E-state index in [1.165, 1.54) is 0 Å². The molecule has 16 nitrogen and oxygen atoms in total. The summed E-state index contributed by atoms with van der Waals surface area (Å²) >= 11 is 3.94. The van der Waals surface area contributed by atoms with Crippen molar-refractivity contribution < 1.29 is 34.2 Å². The number of unbranched alkanes of at least 4 members (excludes halogenated alkanes) is 1. The van der Waals surface area contributed by atoms with Gasteiger partial charge >= 0.3 is 5.97 Å². The first kappa shape index (κ1) is 38.1. The molecule has 0 spiro atoms. The van der Waals surface area contributed by atoms with Gasteiger partial charge in [-0.25, -0.2) is 4.79 Å². The highest BCUT2D eigenvalue weighted by atomic mass is 32.1. The van der Waals surface area contributed by atoms with Gasteiger partial charge in [0.2, 0.25) is 23.6 Å². The largest absolute Gasteiger partial charge is 0.480 e. The maximum atomic E-state index is 13.5. The summed E-state index contributed by atoms with van der Waals surface area (Å²) in [4.78, 5) is 67.6. The van der Waals surface area contributed by atoms with E-state index in [1.54, 1.807) is 30.3 Å². The van der Waals surface area contributed by atoms with Crippen LogP contribution in [-0.2, 0) is 30.4 Å². The molecule has 0 unspecified atom stereocenters. The standard InChI is InChI=1S/C27H45N9O7S/c28-11-5-4-9-18(33-25(41)21(14-37)36-22(38)17(29)15-44)23(39)35-20(13-16-7-2-1-3-8-16)24(40)34-19(26(42)43)10-6-12-32-27(30)31/h1-3,7-8,17-21,37,44H,4-6,9-15,28-29H2,(H,33,41)(H,34,40)(H,35,39)(H,36,38)(H,42,43)(H4,30,31,32)/t17-,18-,19-,20-,21-/m0/s1. The number of hydrogen-bond acceptors (Lipinski definition) is 10. The van der Waals surface area contributed by atoms with Gasteiger partial charge in [0.1, 0.15) is 24.2 Å². The summed E-state index contributed by atoms with van der Waals surface area (Å²) in [5.41, 5.74) is 22.5. The number of carboxylic acids is 1. The zero-order chi connectivity index (χ0) is 33.1. The molecule has 0 radical (unpaired) electrons. The number of aliphatic hydroxyl groups excluding tert-OH is 1. The van der Waals surface area contributed by atoms with Crippen LogP contribution in [0.3, 0.4) is 0 Å². The van der Waals surface area contributed by atoms with Crippen LogP contribution in [0.2, 0.25) is 0 Å². The van der Waals surface area contributed by atoms with Crippen LogP contribution in [0.1, 0.15) is 37.7 Å². The molecule has 1 aromatic carbocycles. The Balaban J connectivity index is 3.16. The summed E-state index contributed by atoms with van der Waals surface area (Å²) in [7, 11) is 0. The first-order chi connectivity index (χ1) is 20.9. The van der Waals surface area contributed by atoms with Crippen LogP contribution < -0.4 is 44.2 Å². The number of amides is 4. The number of hydrogen-bond donors (Lipinski definition) is 11. The molecule has 0 aliphatic carbocycles. The Morgan fingerprint density at radius 3 is 1.91 bits per heavy atom. The number of nitrogens with one attached hydrogen (secondary N) is 4. The molecule has 4 amide bonds. The third kappa shape index (κ3) is 14.5. The molecule has 0 fully saturated rings. The molecule has 44 heavy (non-hydrogen) atoms. The second-order valence-corrected chi connectivity index (χ2v) is 10.3. The molecule has 0 saturated carbocycles. The van der Waals surface area contributed by atoms with Crippen molar-refractivity contribution in [2.75, 3.05) is 25.4 Å². The molecule has 14 N–H and O–H groups in total. The van der Waals surface area contributed by atoms with Gasteiger partial charge in [0.25, 0.3) is 0 Å². The van der Waals surface area contributed by atoms with Crippen LogP contribution >= 0.6 is 12.6 Å². The topological polar surface area (TPSA) is 290 Å². The number of carbonyl (C=O) groups excluding carboxylic acids is 4. The SMILES string of the molecule is NCCCC[C@H](NC(=O)[C@H](CO)NC(=O)[C@@H](N)CS)C(=O)N[C@@H](Cc1ccccc1)C(=O)N[C@@H](CCCN=C(N)N)C(=O)O. The maximum Gasteiger partial charge on any atom is 0.326 e. The lowest BCUT2D eigenvalue weighted by Crippen LogP contribution is -2.59. The Labute approximate surface area is 261 Å². The molecule has 0 bridgehead atoms. The zero-order valence-corrected chi connectivity index (χ0v) is 25.4. The summed E-state index contributed by atoms with van der Waals surface area (Å²) in [6.45, 7) is -0.281. The van der Waals surface area contributed by atoms with Gasteiger partial charge in [-0.3, -0.25) is 24.2 Å². The number of aliphatic hydroxyl groups is 1. The van der Waals surface area contributed by atoms with E-state index in [2.05, 4.69) is 38.9 Å². The molecule has 1 rings (SSSR count). The molecular weight excluding hydrogens is 594 g/mol. The molecule has 0 aliphatic rings. The van der Waals surface area contributed by atoms with Crippen LogP contribution in [0.25, 0.3) is 0 Å². The minimum Gasteiger partial charge on any atom is -0.480 e. The average Bonchev–Trinajstić information content (AvgIpc) is 2.99. The summed E-state index contributed by atoms with van der Waals surface area (Å²) in [5, 5.41) is 29.3. The molecule has 0 heterocycles. The number of aliphatic carboxylic acids is 1. The minimum absolute atomic E-state index is 0.000406. The van der Waals surface area contributed by atoms with Crippen molar-refractivity contribution in [2.45, 2.75) is 68.7 Å². The second kappa shape index (κ2) is 20.9. The van der Waals surface area contributed by atoms with E-state index >= 15 is 0 Å². The van der Waals surface area contributed by atoms with Crippen LogP contribution in [0.5, 0.6) is 0 Å². The van der Waals surface area contributed by atoms with Gasteiger partial charge in [0, 0.05) is 18.7 Å². The van der Waals surface area contributed by atoms with Gasteiger partial charge < -0.3 is 54.4 Å². The van der Waals surface area contributed by atoms with Gasteiger partial charge in [-0.05, 0) is 44.2 Å². The van der Waals surface area contributed by atoms with E-state index in [-0.39, 0.29) is 43.9 Å². The number of thiol groups is 1. The highest BCUT2D eigenvalue weighted by molar-refractivity contribution is 7.80. The molecule has 0 aromatic heterocycles. The van der Waals surface area contributed by atoms with Gasteiger partial charge in [0.05, 0.1) is 12.6 Å². The molecule has 246 valence electrons. The fourth-order valence-corrected chi connectivity index (χ4v) is 4.12. The first-order valence-electron chi connectivity index (χ1n) is 14.1. The van der Waals surface area contributed by atoms with Gasteiger partial charge in [-0.1, -0.05) is 30.3 Å². The Morgan fingerprint density at radius 2 is 1.34 bits per heavy atom. The number of guanidine groups is 1. The number of carboxylic acid groups (broad SMARTS) is 1. The Kier molecular flexibility index (Phi) is 18.1. The number of benzene rings is 1. The monoisotopic (exact) mass is 639 g/mol. The van der Waals surface area contributed by atoms with E-state index in [0.29, 0.717) is 24.9 Å².